The van der Waals surface area contributed by atoms with Gasteiger partial charge in [0.25, 0.3) is 5.91 Å². The van der Waals surface area contributed by atoms with Gasteiger partial charge in [-0.3, -0.25) is 9.59 Å². The summed E-state index contributed by atoms with van der Waals surface area (Å²) in [5.41, 5.74) is -0.158. The number of carbonyl (C=O) groups is 1. The van der Waals surface area contributed by atoms with Crippen molar-refractivity contribution in [2.75, 3.05) is 12.3 Å². The van der Waals surface area contributed by atoms with E-state index in [9.17, 15) is 27.5 Å². The number of fused-ring (bicyclic) bond motifs is 1. The summed E-state index contributed by atoms with van der Waals surface area (Å²) in [6.45, 7) is 3.82. The Balaban J connectivity index is 1.91. The van der Waals surface area contributed by atoms with Gasteiger partial charge in [-0.05, 0) is 31.5 Å². The zero-order valence-corrected chi connectivity index (χ0v) is 16.9. The van der Waals surface area contributed by atoms with Crippen molar-refractivity contribution in [2.45, 2.75) is 33.0 Å². The molecular weight excluding hydrogens is 401 g/mol. The fourth-order valence-corrected chi connectivity index (χ4v) is 4.07. The molecule has 8 nitrogen and oxygen atoms in total. The van der Waals surface area contributed by atoms with Crippen LogP contribution in [-0.4, -0.2) is 41.2 Å². The lowest BCUT2D eigenvalue weighted by atomic mass is 10.1. The molecule has 1 atom stereocenters. The first-order chi connectivity index (χ1) is 13.6. The topological polar surface area (TPSA) is 109 Å². The number of nitrogens with one attached hydrogen (secondary N) is 1. The number of hydrogen-bond acceptors (Lipinski definition) is 5. The predicted octanol–water partition coefficient (Wildman–Crippen LogP) is 1.35. The summed E-state index contributed by atoms with van der Waals surface area (Å²) in [6.07, 6.45) is 1.41. The Kier molecular flexibility index (Phi) is 5.76. The van der Waals surface area contributed by atoms with Gasteiger partial charge in [-0.25, -0.2) is 17.5 Å². The number of benzene rings is 1. The molecule has 1 aromatic heterocycles. The maximum Gasteiger partial charge on any atom is 0.274 e. The average Bonchev–Trinajstić information content (AvgIpc) is 2.67. The highest BCUT2D eigenvalue weighted by molar-refractivity contribution is 7.89. The molecule has 0 bridgehead atoms. The molecule has 156 valence electrons. The second-order valence-corrected chi connectivity index (χ2v) is 8.94. The first kappa shape index (κ1) is 21.0. The van der Waals surface area contributed by atoms with Gasteiger partial charge in [-0.15, -0.1) is 0 Å². The molecule has 1 unspecified atom stereocenters. The SMILES string of the molecule is CCS(=O)(=O)NC(C)c1cn2c(c(O)c1=O)C(=O)N(Cc1ccc(F)cc1)CC2. The van der Waals surface area contributed by atoms with E-state index in [1.165, 1.54) is 41.6 Å². The Hall–Kier alpha value is -2.72. The van der Waals surface area contributed by atoms with E-state index in [2.05, 4.69) is 4.72 Å². The van der Waals surface area contributed by atoms with Gasteiger partial charge < -0.3 is 14.6 Å². The molecule has 0 saturated heterocycles. The number of carbonyl (C=O) groups excluding carboxylic acids is 1. The van der Waals surface area contributed by atoms with Crippen LogP contribution in [0.2, 0.25) is 0 Å². The van der Waals surface area contributed by atoms with Gasteiger partial charge in [0.15, 0.2) is 11.4 Å². The van der Waals surface area contributed by atoms with Crippen LogP contribution in [0.5, 0.6) is 5.75 Å². The third-order valence-corrected chi connectivity index (χ3v) is 6.35. The molecule has 1 aliphatic rings. The minimum Gasteiger partial charge on any atom is -0.503 e. The maximum atomic E-state index is 13.1. The molecule has 1 aliphatic heterocycles. The number of halogens is 1. The molecule has 3 rings (SSSR count). The molecule has 0 saturated carbocycles. The standard InChI is InChI=1S/C19H22FN3O5S/c1-3-29(27,28)21-12(2)15-11-22-8-9-23(10-13-4-6-14(20)7-5-13)19(26)16(22)18(25)17(15)24/h4-7,11-12,21,25H,3,8-10H2,1-2H3. The molecular formula is C19H22FN3O5S. The molecule has 2 N–H and O–H groups in total. The zero-order chi connectivity index (χ0) is 21.3. The Morgan fingerprint density at radius 3 is 2.48 bits per heavy atom. The Morgan fingerprint density at radius 2 is 1.86 bits per heavy atom. The number of aromatic nitrogens is 1. The summed E-state index contributed by atoms with van der Waals surface area (Å²) in [5, 5.41) is 10.4. The quantitative estimate of drug-likeness (QED) is 0.729. The fraction of sp³-hybridized carbons (Fsp3) is 0.368. The normalized spacial score (nSPS) is 15.3. The van der Waals surface area contributed by atoms with Crippen LogP contribution in [0.25, 0.3) is 0 Å². The van der Waals surface area contributed by atoms with Crippen LogP contribution < -0.4 is 10.2 Å². The van der Waals surface area contributed by atoms with E-state index in [-0.39, 0.29) is 29.4 Å². The number of nitrogens with zero attached hydrogens (tertiary/aromatic N) is 2. The minimum absolute atomic E-state index is 0.0584. The van der Waals surface area contributed by atoms with Crippen LogP contribution >= 0.6 is 0 Å². The highest BCUT2D eigenvalue weighted by atomic mass is 32.2. The van der Waals surface area contributed by atoms with Crippen molar-refractivity contribution in [3.8, 4) is 5.75 Å². The molecule has 10 heteroatoms. The van der Waals surface area contributed by atoms with E-state index in [1.807, 2.05) is 0 Å². The van der Waals surface area contributed by atoms with Crippen LogP contribution in [0.1, 0.15) is 41.5 Å². The van der Waals surface area contributed by atoms with Crippen LogP contribution in [0.4, 0.5) is 4.39 Å². The van der Waals surface area contributed by atoms with E-state index in [1.54, 1.807) is 12.1 Å². The monoisotopic (exact) mass is 423 g/mol. The van der Waals surface area contributed by atoms with E-state index in [4.69, 9.17) is 0 Å². The summed E-state index contributed by atoms with van der Waals surface area (Å²) in [7, 11) is -3.56. The lowest BCUT2D eigenvalue weighted by Gasteiger charge is -2.31. The Morgan fingerprint density at radius 1 is 1.21 bits per heavy atom. The molecule has 0 spiro atoms. The number of hydrogen-bond donors (Lipinski definition) is 2. The van der Waals surface area contributed by atoms with Crippen LogP contribution in [0.15, 0.2) is 35.3 Å². The highest BCUT2D eigenvalue weighted by Crippen LogP contribution is 2.24. The molecule has 29 heavy (non-hydrogen) atoms. The molecule has 0 aliphatic carbocycles. The van der Waals surface area contributed by atoms with Crippen LogP contribution in [-0.2, 0) is 23.1 Å². The largest absolute Gasteiger partial charge is 0.503 e. The van der Waals surface area contributed by atoms with Crippen molar-refractivity contribution in [2.24, 2.45) is 0 Å². The zero-order valence-electron chi connectivity index (χ0n) is 16.1. The first-order valence-electron chi connectivity index (χ1n) is 9.13. The first-order valence-corrected chi connectivity index (χ1v) is 10.8. The fourth-order valence-electron chi connectivity index (χ4n) is 3.24. The molecule has 2 heterocycles. The number of amides is 1. The number of rotatable bonds is 6. The van der Waals surface area contributed by atoms with Crippen molar-refractivity contribution in [3.63, 3.8) is 0 Å². The molecule has 2 aromatic rings. The van der Waals surface area contributed by atoms with Gasteiger partial charge in [-0.1, -0.05) is 12.1 Å². The Bertz CT molecular complexity index is 1100. The summed E-state index contributed by atoms with van der Waals surface area (Å²) < 4.78 is 40.5. The molecule has 0 fully saturated rings. The molecule has 1 amide bonds. The lowest BCUT2D eigenvalue weighted by molar-refractivity contribution is 0.0683. The smallest absolute Gasteiger partial charge is 0.274 e. The van der Waals surface area contributed by atoms with Gasteiger partial charge in [0, 0.05) is 37.4 Å². The summed E-state index contributed by atoms with van der Waals surface area (Å²) in [6, 6.07) is 4.86. The summed E-state index contributed by atoms with van der Waals surface area (Å²) >= 11 is 0. The Labute approximate surface area is 167 Å². The van der Waals surface area contributed by atoms with Crippen molar-refractivity contribution >= 4 is 15.9 Å². The van der Waals surface area contributed by atoms with Crippen molar-refractivity contribution in [3.05, 3.63) is 63.3 Å². The molecule has 1 aromatic carbocycles. The van der Waals surface area contributed by atoms with Gasteiger partial charge in [0.05, 0.1) is 5.75 Å². The summed E-state index contributed by atoms with van der Waals surface area (Å²) in [4.78, 5) is 26.9. The van der Waals surface area contributed by atoms with E-state index < -0.39 is 33.2 Å². The molecule has 0 radical (unpaired) electrons. The van der Waals surface area contributed by atoms with Crippen LogP contribution in [0, 0.1) is 5.82 Å². The van der Waals surface area contributed by atoms with Gasteiger partial charge in [-0.2, -0.15) is 0 Å². The number of pyridine rings is 1. The number of aromatic hydroxyl groups is 1. The second kappa shape index (κ2) is 7.96. The number of sulfonamides is 1. The maximum absolute atomic E-state index is 13.1. The van der Waals surface area contributed by atoms with Crippen LogP contribution in [0.3, 0.4) is 0 Å². The summed E-state index contributed by atoms with van der Waals surface area (Å²) in [5.74, 6) is -1.76. The predicted molar refractivity (Wildman–Crippen MR) is 105 cm³/mol. The van der Waals surface area contributed by atoms with E-state index >= 15 is 0 Å². The van der Waals surface area contributed by atoms with E-state index in [0.717, 1.165) is 0 Å². The van der Waals surface area contributed by atoms with Gasteiger partial charge >= 0.3 is 0 Å². The van der Waals surface area contributed by atoms with Gasteiger partial charge in [0.1, 0.15) is 5.82 Å². The average molecular weight is 423 g/mol. The third kappa shape index (κ3) is 4.33. The third-order valence-electron chi connectivity index (χ3n) is 4.87. The lowest BCUT2D eigenvalue weighted by Crippen LogP contribution is -2.42. The highest BCUT2D eigenvalue weighted by Gasteiger charge is 2.31. The van der Waals surface area contributed by atoms with Crippen molar-refractivity contribution in [1.82, 2.24) is 14.2 Å². The minimum atomic E-state index is -3.56. The van der Waals surface area contributed by atoms with Crippen molar-refractivity contribution < 1.29 is 22.7 Å². The van der Waals surface area contributed by atoms with E-state index in [0.29, 0.717) is 18.7 Å². The second-order valence-electron chi connectivity index (χ2n) is 6.90. The van der Waals surface area contributed by atoms with Gasteiger partial charge in [0.2, 0.25) is 15.5 Å². The van der Waals surface area contributed by atoms with Crippen molar-refractivity contribution in [1.29, 1.82) is 0 Å².